The highest BCUT2D eigenvalue weighted by atomic mass is 35.5. The number of ether oxygens (including phenoxy) is 2. The lowest BCUT2D eigenvalue weighted by Gasteiger charge is -2.35. The highest BCUT2D eigenvalue weighted by Gasteiger charge is 2.27. The number of halogens is 1. The van der Waals surface area contributed by atoms with Crippen LogP contribution in [0, 0.1) is 0 Å². The minimum absolute atomic E-state index is 0.0800. The van der Waals surface area contributed by atoms with E-state index in [0.29, 0.717) is 53.8 Å². The first-order chi connectivity index (χ1) is 15.7. The minimum atomic E-state index is -1.82. The molecule has 33 heavy (non-hydrogen) atoms. The third-order valence-electron chi connectivity index (χ3n) is 4.74. The molecule has 2 N–H and O–H groups in total. The average Bonchev–Trinajstić information content (AvgIpc) is 2.82. The number of carboxylic acids is 2. The summed E-state index contributed by atoms with van der Waals surface area (Å²) in [5.74, 6) is -2.94. The molecule has 2 aromatic carbocycles. The largest absolute Gasteiger partial charge is 0.493 e. The van der Waals surface area contributed by atoms with Crippen molar-refractivity contribution in [3.63, 3.8) is 0 Å². The van der Waals surface area contributed by atoms with Gasteiger partial charge in [0.05, 0.1) is 19.8 Å². The first-order valence-electron chi connectivity index (χ1n) is 9.70. The van der Waals surface area contributed by atoms with Gasteiger partial charge in [-0.15, -0.1) is 0 Å². The Morgan fingerprint density at radius 3 is 1.85 bits per heavy atom. The number of carbonyl (C=O) groups is 4. The summed E-state index contributed by atoms with van der Waals surface area (Å²) in [6.45, 7) is 1.82. The third kappa shape index (κ3) is 6.59. The Bertz CT molecular complexity index is 1020. The number of carbonyl (C=O) groups excluding carboxylic acids is 2. The normalized spacial score (nSPS) is 12.8. The number of para-hydroxylation sites is 1. The molecule has 2 amide bonds. The van der Waals surface area contributed by atoms with E-state index in [9.17, 15) is 9.59 Å². The zero-order valence-electron chi connectivity index (χ0n) is 18.0. The fraction of sp³-hybridized carbons (Fsp3) is 0.273. The first-order valence-corrected chi connectivity index (χ1v) is 10.1. The number of hydrogen-bond acceptors (Lipinski definition) is 6. The monoisotopic (exact) mass is 478 g/mol. The van der Waals surface area contributed by atoms with E-state index in [1.54, 1.807) is 52.3 Å². The second-order valence-corrected chi connectivity index (χ2v) is 7.18. The van der Waals surface area contributed by atoms with Crippen LogP contribution in [0.5, 0.6) is 11.5 Å². The molecule has 10 nitrogen and oxygen atoms in total. The quantitative estimate of drug-likeness (QED) is 0.638. The number of nitrogens with zero attached hydrogens (tertiary/aromatic N) is 2. The standard InChI is InChI=1S/C20H21ClN2O4.C2H2O4/c1-26-17-8-4-7-16(18(17)27-2)20(25)23-11-9-22(10-12-23)19(24)14-5-3-6-15(21)13-14;3-1(4)2(5)6/h3-8,13H,9-12H2,1-2H3;(H,3,4)(H,5,6). The van der Waals surface area contributed by atoms with Crippen molar-refractivity contribution in [2.45, 2.75) is 0 Å². The minimum Gasteiger partial charge on any atom is -0.493 e. The molecule has 3 rings (SSSR count). The zero-order valence-corrected chi connectivity index (χ0v) is 18.7. The van der Waals surface area contributed by atoms with Crippen molar-refractivity contribution in [1.82, 2.24) is 9.80 Å². The molecular weight excluding hydrogens is 456 g/mol. The van der Waals surface area contributed by atoms with E-state index in [-0.39, 0.29) is 11.8 Å². The van der Waals surface area contributed by atoms with Gasteiger partial charge in [0.25, 0.3) is 11.8 Å². The zero-order chi connectivity index (χ0) is 24.5. The molecule has 11 heteroatoms. The van der Waals surface area contributed by atoms with E-state index in [4.69, 9.17) is 40.9 Å². The Morgan fingerprint density at radius 1 is 0.818 bits per heavy atom. The lowest BCUT2D eigenvalue weighted by atomic mass is 10.1. The average molecular weight is 479 g/mol. The maximum Gasteiger partial charge on any atom is 0.414 e. The fourth-order valence-electron chi connectivity index (χ4n) is 3.14. The van der Waals surface area contributed by atoms with Gasteiger partial charge in [-0.1, -0.05) is 23.7 Å². The summed E-state index contributed by atoms with van der Waals surface area (Å²) in [5, 5.41) is 15.3. The molecule has 2 aromatic rings. The van der Waals surface area contributed by atoms with E-state index in [1.807, 2.05) is 0 Å². The summed E-state index contributed by atoms with van der Waals surface area (Å²) < 4.78 is 10.6. The smallest absolute Gasteiger partial charge is 0.414 e. The van der Waals surface area contributed by atoms with Crippen molar-refractivity contribution in [2.75, 3.05) is 40.4 Å². The first kappa shape index (κ1) is 25.5. The topological polar surface area (TPSA) is 134 Å². The Balaban J connectivity index is 0.000000569. The molecule has 0 spiro atoms. The van der Waals surface area contributed by atoms with Crippen molar-refractivity contribution in [3.8, 4) is 11.5 Å². The van der Waals surface area contributed by atoms with Crippen LogP contribution >= 0.6 is 11.6 Å². The van der Waals surface area contributed by atoms with Crippen LogP contribution < -0.4 is 9.47 Å². The van der Waals surface area contributed by atoms with Gasteiger partial charge in [0, 0.05) is 36.8 Å². The second kappa shape index (κ2) is 11.7. The number of benzene rings is 2. The molecule has 1 fully saturated rings. The molecule has 1 aliphatic heterocycles. The number of hydrogen-bond donors (Lipinski definition) is 2. The van der Waals surface area contributed by atoms with Gasteiger partial charge in [0.2, 0.25) is 0 Å². The van der Waals surface area contributed by atoms with Crippen LogP contribution in [0.1, 0.15) is 20.7 Å². The number of methoxy groups -OCH3 is 2. The Labute approximate surface area is 194 Å². The summed E-state index contributed by atoms with van der Waals surface area (Å²) >= 11 is 5.97. The van der Waals surface area contributed by atoms with Gasteiger partial charge in [-0.05, 0) is 30.3 Å². The van der Waals surface area contributed by atoms with Crippen molar-refractivity contribution < 1.29 is 38.9 Å². The van der Waals surface area contributed by atoms with Crippen LogP contribution in [-0.2, 0) is 9.59 Å². The number of amides is 2. The highest BCUT2D eigenvalue weighted by Crippen LogP contribution is 2.31. The maximum absolute atomic E-state index is 12.9. The Kier molecular flexibility index (Phi) is 9.05. The fourth-order valence-corrected chi connectivity index (χ4v) is 3.33. The molecule has 1 aliphatic rings. The van der Waals surface area contributed by atoms with Crippen LogP contribution in [0.25, 0.3) is 0 Å². The molecule has 0 radical (unpaired) electrons. The van der Waals surface area contributed by atoms with Crippen molar-refractivity contribution >= 4 is 35.4 Å². The highest BCUT2D eigenvalue weighted by molar-refractivity contribution is 6.31. The SMILES string of the molecule is COc1cccc(C(=O)N2CCN(C(=O)c3cccc(Cl)c3)CC2)c1OC.O=C(O)C(=O)O. The second-order valence-electron chi connectivity index (χ2n) is 6.75. The van der Waals surface area contributed by atoms with Crippen LogP contribution in [0.3, 0.4) is 0 Å². The summed E-state index contributed by atoms with van der Waals surface area (Å²) in [4.78, 5) is 47.2. The predicted molar refractivity (Wildman–Crippen MR) is 118 cm³/mol. The molecule has 176 valence electrons. The van der Waals surface area contributed by atoms with Gasteiger partial charge >= 0.3 is 11.9 Å². The Hall–Kier alpha value is -3.79. The lowest BCUT2D eigenvalue weighted by Crippen LogP contribution is -2.50. The van der Waals surface area contributed by atoms with E-state index in [1.165, 1.54) is 14.2 Å². The molecule has 0 unspecified atom stereocenters. The summed E-state index contributed by atoms with van der Waals surface area (Å²) in [5.41, 5.74) is 1.00. The molecule has 0 bridgehead atoms. The van der Waals surface area contributed by atoms with E-state index in [2.05, 4.69) is 0 Å². The van der Waals surface area contributed by atoms with Gasteiger partial charge < -0.3 is 29.5 Å². The van der Waals surface area contributed by atoms with Gasteiger partial charge in [-0.25, -0.2) is 9.59 Å². The predicted octanol–water partition coefficient (Wildman–Crippen LogP) is 2.11. The number of carboxylic acid groups (broad SMARTS) is 2. The van der Waals surface area contributed by atoms with Gasteiger partial charge in [-0.3, -0.25) is 9.59 Å². The molecule has 1 saturated heterocycles. The molecule has 0 aromatic heterocycles. The van der Waals surface area contributed by atoms with Crippen molar-refractivity contribution in [2.24, 2.45) is 0 Å². The van der Waals surface area contributed by atoms with Crippen LogP contribution in [-0.4, -0.2) is 84.2 Å². The Morgan fingerprint density at radius 2 is 1.36 bits per heavy atom. The van der Waals surface area contributed by atoms with Crippen LogP contribution in [0.4, 0.5) is 0 Å². The summed E-state index contributed by atoms with van der Waals surface area (Å²) in [6.07, 6.45) is 0. The molecule has 0 atom stereocenters. The molecule has 0 aliphatic carbocycles. The van der Waals surface area contributed by atoms with Crippen molar-refractivity contribution in [1.29, 1.82) is 0 Å². The molecule has 1 heterocycles. The number of rotatable bonds is 4. The van der Waals surface area contributed by atoms with E-state index in [0.717, 1.165) is 0 Å². The number of aliphatic carboxylic acids is 2. The van der Waals surface area contributed by atoms with Crippen LogP contribution in [0.2, 0.25) is 5.02 Å². The third-order valence-corrected chi connectivity index (χ3v) is 4.98. The lowest BCUT2D eigenvalue weighted by molar-refractivity contribution is -0.159. The molecule has 0 saturated carbocycles. The molecular formula is C22H23ClN2O8. The van der Waals surface area contributed by atoms with Crippen molar-refractivity contribution in [3.05, 3.63) is 58.6 Å². The maximum atomic E-state index is 12.9. The van der Waals surface area contributed by atoms with Gasteiger partial charge in [0.1, 0.15) is 0 Å². The summed E-state index contributed by atoms with van der Waals surface area (Å²) in [6, 6.07) is 12.1. The van der Waals surface area contributed by atoms with E-state index < -0.39 is 11.9 Å². The van der Waals surface area contributed by atoms with Crippen LogP contribution in [0.15, 0.2) is 42.5 Å². The van der Waals surface area contributed by atoms with Gasteiger partial charge in [-0.2, -0.15) is 0 Å². The van der Waals surface area contributed by atoms with Gasteiger partial charge in [0.15, 0.2) is 11.5 Å². The summed E-state index contributed by atoms with van der Waals surface area (Å²) in [7, 11) is 3.04. The number of piperazine rings is 1. The van der Waals surface area contributed by atoms with E-state index >= 15 is 0 Å².